The average molecular weight is 396 g/mol. The van der Waals surface area contributed by atoms with Gasteiger partial charge >= 0.3 is 5.69 Å². The molecule has 1 aromatic carbocycles. The lowest BCUT2D eigenvalue weighted by Crippen LogP contribution is -2.29. The van der Waals surface area contributed by atoms with Crippen molar-refractivity contribution in [3.63, 3.8) is 0 Å². The number of carbonyl (C=O) groups is 1. The van der Waals surface area contributed by atoms with Gasteiger partial charge in [0.2, 0.25) is 5.95 Å². The Hall–Kier alpha value is -3.69. The maximum atomic E-state index is 12.6. The Morgan fingerprint density at radius 3 is 2.52 bits per heavy atom. The van der Waals surface area contributed by atoms with Gasteiger partial charge in [-0.05, 0) is 31.0 Å². The molecule has 0 unspecified atom stereocenters. The molecule has 3 aromatic rings. The van der Waals surface area contributed by atoms with Gasteiger partial charge in [0.15, 0.2) is 11.2 Å². The number of hydrazone groups is 1. The summed E-state index contributed by atoms with van der Waals surface area (Å²) in [5.74, 6) is 0.744. The minimum Gasteiger partial charge on any atom is -0.497 e. The molecule has 150 valence electrons. The fourth-order valence-electron chi connectivity index (χ4n) is 3.34. The summed E-state index contributed by atoms with van der Waals surface area (Å²) in [6, 6.07) is 7.58. The standard InChI is InChI=1S/C19H20N6O4/c1-11-10-14(26)25(22-11)18-20-16-15(17(27)21-19(28)23(16)2)24(18)9-8-12-4-6-13(29-3)7-5-12/h4-7H,8-10H2,1-3H3,(H,21,27,28). The molecule has 0 saturated heterocycles. The van der Waals surface area contributed by atoms with Crippen LogP contribution in [0.1, 0.15) is 18.9 Å². The molecule has 1 amide bonds. The van der Waals surface area contributed by atoms with E-state index in [1.165, 1.54) is 16.6 Å². The van der Waals surface area contributed by atoms with E-state index in [1.807, 2.05) is 24.3 Å². The molecule has 1 N–H and O–H groups in total. The van der Waals surface area contributed by atoms with Gasteiger partial charge in [-0.15, -0.1) is 0 Å². The molecular weight excluding hydrogens is 376 g/mol. The van der Waals surface area contributed by atoms with Crippen molar-refractivity contribution in [1.82, 2.24) is 19.1 Å². The number of hydrogen-bond donors (Lipinski definition) is 1. The number of aromatic nitrogens is 4. The maximum absolute atomic E-state index is 12.6. The fourth-order valence-corrected chi connectivity index (χ4v) is 3.34. The highest BCUT2D eigenvalue weighted by Gasteiger charge is 2.29. The van der Waals surface area contributed by atoms with Crippen LogP contribution in [0.4, 0.5) is 5.95 Å². The number of anilines is 1. The number of nitrogens with one attached hydrogen (secondary N) is 1. The molecule has 0 fully saturated rings. The van der Waals surface area contributed by atoms with Crippen LogP contribution in [0.3, 0.4) is 0 Å². The van der Waals surface area contributed by atoms with Gasteiger partial charge in [0.1, 0.15) is 5.75 Å². The Balaban J connectivity index is 1.82. The van der Waals surface area contributed by atoms with Gasteiger partial charge in [0, 0.05) is 19.3 Å². The number of imidazole rings is 1. The molecule has 0 spiro atoms. The Morgan fingerprint density at radius 2 is 1.90 bits per heavy atom. The lowest BCUT2D eigenvalue weighted by Gasteiger charge is -2.14. The third-order valence-corrected chi connectivity index (χ3v) is 4.87. The van der Waals surface area contributed by atoms with Crippen LogP contribution in [0.25, 0.3) is 11.2 Å². The molecule has 0 saturated carbocycles. The maximum Gasteiger partial charge on any atom is 0.329 e. The number of aryl methyl sites for hydroxylation is 3. The zero-order valence-corrected chi connectivity index (χ0v) is 16.3. The van der Waals surface area contributed by atoms with Crippen LogP contribution in [0, 0.1) is 0 Å². The van der Waals surface area contributed by atoms with Gasteiger partial charge in [-0.25, -0.2) is 4.79 Å². The minimum absolute atomic E-state index is 0.191. The minimum atomic E-state index is -0.568. The van der Waals surface area contributed by atoms with Gasteiger partial charge < -0.3 is 9.30 Å². The van der Waals surface area contributed by atoms with Crippen molar-refractivity contribution >= 4 is 28.7 Å². The third kappa shape index (κ3) is 3.22. The van der Waals surface area contributed by atoms with Crippen LogP contribution in [0.2, 0.25) is 0 Å². The van der Waals surface area contributed by atoms with Crippen LogP contribution in [0.5, 0.6) is 5.75 Å². The fraction of sp³-hybridized carbons (Fsp3) is 0.316. The zero-order chi connectivity index (χ0) is 20.7. The van der Waals surface area contributed by atoms with E-state index >= 15 is 0 Å². The second-order valence-electron chi connectivity index (χ2n) is 6.87. The first kappa shape index (κ1) is 18.7. The zero-order valence-electron chi connectivity index (χ0n) is 16.3. The highest BCUT2D eigenvalue weighted by Crippen LogP contribution is 2.24. The quantitative estimate of drug-likeness (QED) is 0.685. The Kier molecular flexibility index (Phi) is 4.53. The molecule has 0 bridgehead atoms. The van der Waals surface area contributed by atoms with Gasteiger partial charge in [0.25, 0.3) is 11.5 Å². The third-order valence-electron chi connectivity index (χ3n) is 4.87. The van der Waals surface area contributed by atoms with Crippen molar-refractivity contribution in [2.75, 3.05) is 12.1 Å². The van der Waals surface area contributed by atoms with Crippen molar-refractivity contribution in [3.8, 4) is 5.75 Å². The highest BCUT2D eigenvalue weighted by molar-refractivity contribution is 6.11. The van der Waals surface area contributed by atoms with Crippen molar-refractivity contribution in [2.24, 2.45) is 12.1 Å². The number of hydrogen-bond acceptors (Lipinski definition) is 6. The summed E-state index contributed by atoms with van der Waals surface area (Å²) >= 11 is 0. The number of nitrogens with zero attached hydrogens (tertiary/aromatic N) is 5. The molecule has 1 aliphatic rings. The van der Waals surface area contributed by atoms with Gasteiger partial charge in [-0.3, -0.25) is 19.1 Å². The first-order valence-corrected chi connectivity index (χ1v) is 9.08. The molecule has 0 aliphatic carbocycles. The average Bonchev–Trinajstić information content (AvgIpc) is 3.24. The first-order chi connectivity index (χ1) is 13.9. The first-order valence-electron chi connectivity index (χ1n) is 9.08. The molecule has 1 aliphatic heterocycles. The molecule has 0 atom stereocenters. The van der Waals surface area contributed by atoms with Gasteiger partial charge in [-0.2, -0.15) is 15.1 Å². The molecule has 29 heavy (non-hydrogen) atoms. The molecule has 10 nitrogen and oxygen atoms in total. The summed E-state index contributed by atoms with van der Waals surface area (Å²) < 4.78 is 8.06. The predicted octanol–water partition coefficient (Wildman–Crippen LogP) is 0.787. The molecule has 2 aromatic heterocycles. The summed E-state index contributed by atoms with van der Waals surface area (Å²) in [6.07, 6.45) is 0.770. The number of fused-ring (bicyclic) bond motifs is 1. The van der Waals surface area contributed by atoms with Crippen LogP contribution >= 0.6 is 0 Å². The van der Waals surface area contributed by atoms with E-state index in [2.05, 4.69) is 15.1 Å². The summed E-state index contributed by atoms with van der Waals surface area (Å²) in [4.78, 5) is 43.6. The summed E-state index contributed by atoms with van der Waals surface area (Å²) in [5.41, 5.74) is 0.989. The topological polar surface area (TPSA) is 115 Å². The van der Waals surface area contributed by atoms with E-state index in [9.17, 15) is 14.4 Å². The molecule has 3 heterocycles. The number of carbonyl (C=O) groups excluding carboxylic acids is 1. The number of aromatic amines is 1. The summed E-state index contributed by atoms with van der Waals surface area (Å²) in [5, 5.41) is 5.46. The second-order valence-corrected chi connectivity index (χ2v) is 6.87. The lowest BCUT2D eigenvalue weighted by molar-refractivity contribution is -0.117. The number of H-pyrrole nitrogens is 1. The number of benzene rings is 1. The molecule has 0 radical (unpaired) electrons. The van der Waals surface area contributed by atoms with Crippen molar-refractivity contribution < 1.29 is 9.53 Å². The number of amides is 1. The normalized spacial score (nSPS) is 14.0. The monoisotopic (exact) mass is 396 g/mol. The molecular formula is C19H20N6O4. The summed E-state index contributed by atoms with van der Waals surface area (Å²) in [6.45, 7) is 2.13. The van der Waals surface area contributed by atoms with E-state index in [0.29, 0.717) is 18.7 Å². The largest absolute Gasteiger partial charge is 0.497 e. The number of rotatable bonds is 5. The van der Waals surface area contributed by atoms with Crippen LogP contribution < -0.4 is 21.0 Å². The smallest absolute Gasteiger partial charge is 0.329 e. The van der Waals surface area contributed by atoms with Crippen molar-refractivity contribution in [3.05, 3.63) is 50.7 Å². The highest BCUT2D eigenvalue weighted by atomic mass is 16.5. The van der Waals surface area contributed by atoms with E-state index in [0.717, 1.165) is 11.3 Å². The van der Waals surface area contributed by atoms with E-state index in [4.69, 9.17) is 4.74 Å². The second kappa shape index (κ2) is 7.04. The van der Waals surface area contributed by atoms with Crippen LogP contribution in [-0.4, -0.2) is 37.8 Å². The molecule has 4 rings (SSSR count). The Bertz CT molecular complexity index is 1250. The van der Waals surface area contributed by atoms with Gasteiger partial charge in [-0.1, -0.05) is 12.1 Å². The van der Waals surface area contributed by atoms with E-state index < -0.39 is 11.2 Å². The number of ether oxygens (including phenoxy) is 1. The van der Waals surface area contributed by atoms with E-state index in [-0.39, 0.29) is 29.4 Å². The lowest BCUT2D eigenvalue weighted by atomic mass is 10.1. The SMILES string of the molecule is COc1ccc(CCn2c(N3N=C(C)CC3=O)nc3c2c(=O)[nH]c(=O)n3C)cc1. The predicted molar refractivity (Wildman–Crippen MR) is 108 cm³/mol. The van der Waals surface area contributed by atoms with Crippen LogP contribution in [-0.2, 0) is 24.8 Å². The Labute approximate surface area is 165 Å². The van der Waals surface area contributed by atoms with Crippen LogP contribution in [0.15, 0.2) is 39.0 Å². The molecule has 10 heteroatoms. The van der Waals surface area contributed by atoms with Crippen molar-refractivity contribution in [2.45, 2.75) is 26.3 Å². The summed E-state index contributed by atoms with van der Waals surface area (Å²) in [7, 11) is 3.12. The van der Waals surface area contributed by atoms with Gasteiger partial charge in [0.05, 0.1) is 13.5 Å². The van der Waals surface area contributed by atoms with E-state index in [1.54, 1.807) is 18.6 Å². The Morgan fingerprint density at radius 1 is 1.17 bits per heavy atom. The van der Waals surface area contributed by atoms with Crippen molar-refractivity contribution in [1.29, 1.82) is 0 Å². The number of methoxy groups -OCH3 is 1.